The molecule has 0 bridgehead atoms. The second kappa shape index (κ2) is 4.51. The van der Waals surface area contributed by atoms with Crippen LogP contribution in [0.25, 0.3) is 0 Å². The van der Waals surface area contributed by atoms with Gasteiger partial charge in [-0.2, -0.15) is 0 Å². The van der Waals surface area contributed by atoms with Crippen molar-refractivity contribution in [2.45, 2.75) is 12.5 Å². The smallest absolute Gasteiger partial charge is 0.122 e. The highest BCUT2D eigenvalue weighted by atomic mass is 32.1. The molecule has 1 aliphatic rings. The molecule has 1 atom stereocenters. The lowest BCUT2D eigenvalue weighted by molar-refractivity contribution is 0.404. The van der Waals surface area contributed by atoms with Gasteiger partial charge in [-0.1, -0.05) is 18.2 Å². The van der Waals surface area contributed by atoms with Gasteiger partial charge in [0.05, 0.1) is 13.2 Å². The highest BCUT2D eigenvalue weighted by Gasteiger charge is 2.23. The molecule has 3 rings (SSSR count). The molecule has 88 valence electrons. The third-order valence-corrected chi connectivity index (χ3v) is 4.19. The Balaban J connectivity index is 2.08. The first-order valence-corrected chi connectivity index (χ1v) is 6.70. The Morgan fingerprint density at radius 2 is 2.24 bits per heavy atom. The fourth-order valence-electron chi connectivity index (χ4n) is 2.47. The van der Waals surface area contributed by atoms with E-state index in [0.29, 0.717) is 6.04 Å². The maximum atomic E-state index is 5.45. The van der Waals surface area contributed by atoms with Gasteiger partial charge < -0.3 is 10.1 Å². The van der Waals surface area contributed by atoms with Crippen LogP contribution < -0.4 is 10.1 Å². The Morgan fingerprint density at radius 3 is 3.00 bits per heavy atom. The number of methoxy groups -OCH3 is 1. The van der Waals surface area contributed by atoms with Crippen molar-refractivity contribution in [3.8, 4) is 5.75 Å². The molecule has 0 spiro atoms. The van der Waals surface area contributed by atoms with Gasteiger partial charge in [0.15, 0.2) is 0 Å². The lowest BCUT2D eigenvalue weighted by atomic mass is 9.92. The summed E-state index contributed by atoms with van der Waals surface area (Å²) in [5, 5.41) is 5.71. The first kappa shape index (κ1) is 10.8. The number of nitrogens with one attached hydrogen (secondary N) is 1. The lowest BCUT2D eigenvalue weighted by Crippen LogP contribution is -2.30. The number of ether oxygens (including phenoxy) is 1. The van der Waals surface area contributed by atoms with E-state index >= 15 is 0 Å². The number of thiophene rings is 1. The summed E-state index contributed by atoms with van der Waals surface area (Å²) in [5.74, 6) is 1.02. The van der Waals surface area contributed by atoms with E-state index in [-0.39, 0.29) is 0 Å². The van der Waals surface area contributed by atoms with E-state index in [1.54, 1.807) is 18.4 Å². The van der Waals surface area contributed by atoms with Gasteiger partial charge in [-0.05, 0) is 29.5 Å². The van der Waals surface area contributed by atoms with Gasteiger partial charge in [0.1, 0.15) is 5.75 Å². The van der Waals surface area contributed by atoms with E-state index in [1.165, 1.54) is 16.0 Å². The van der Waals surface area contributed by atoms with Crippen molar-refractivity contribution >= 4 is 11.3 Å². The molecule has 0 saturated heterocycles. The van der Waals surface area contributed by atoms with E-state index in [9.17, 15) is 0 Å². The Bertz CT molecular complexity index is 507. The second-order valence-corrected chi connectivity index (χ2v) is 5.16. The van der Waals surface area contributed by atoms with E-state index < -0.39 is 0 Å². The molecule has 1 aromatic heterocycles. The molecular weight excluding hydrogens is 230 g/mol. The number of hydrogen-bond acceptors (Lipinski definition) is 3. The molecule has 2 aromatic rings. The largest absolute Gasteiger partial charge is 0.496 e. The highest BCUT2D eigenvalue weighted by Crippen LogP contribution is 2.35. The summed E-state index contributed by atoms with van der Waals surface area (Å²) in [6, 6.07) is 11.0. The Hall–Kier alpha value is -1.32. The average molecular weight is 245 g/mol. The third kappa shape index (κ3) is 1.85. The van der Waals surface area contributed by atoms with Gasteiger partial charge in [0.2, 0.25) is 0 Å². The van der Waals surface area contributed by atoms with Gasteiger partial charge in [-0.25, -0.2) is 0 Å². The van der Waals surface area contributed by atoms with Crippen LogP contribution in [0.5, 0.6) is 5.75 Å². The molecule has 2 heterocycles. The molecule has 1 aliphatic heterocycles. The maximum Gasteiger partial charge on any atom is 0.122 e. The summed E-state index contributed by atoms with van der Waals surface area (Å²) < 4.78 is 5.45. The van der Waals surface area contributed by atoms with Crippen molar-refractivity contribution in [2.24, 2.45) is 0 Å². The van der Waals surface area contributed by atoms with Crippen molar-refractivity contribution < 1.29 is 4.74 Å². The molecule has 0 amide bonds. The van der Waals surface area contributed by atoms with Gasteiger partial charge in [-0.15, -0.1) is 11.3 Å². The van der Waals surface area contributed by atoms with Crippen LogP contribution in [0.2, 0.25) is 0 Å². The standard InChI is InChI=1S/C14H15NOS/c1-16-12-5-2-4-11-10(12)7-8-15-14(11)13-6-3-9-17-13/h2-6,9,14-15H,7-8H2,1H3. The van der Waals surface area contributed by atoms with E-state index in [2.05, 4.69) is 41.0 Å². The summed E-state index contributed by atoms with van der Waals surface area (Å²) in [6.45, 7) is 1.01. The van der Waals surface area contributed by atoms with Crippen LogP contribution in [-0.4, -0.2) is 13.7 Å². The first-order valence-electron chi connectivity index (χ1n) is 5.82. The Labute approximate surface area is 105 Å². The molecule has 17 heavy (non-hydrogen) atoms. The van der Waals surface area contributed by atoms with Crippen LogP contribution in [0.1, 0.15) is 22.0 Å². The van der Waals surface area contributed by atoms with Crippen LogP contribution in [0.3, 0.4) is 0 Å². The highest BCUT2D eigenvalue weighted by molar-refractivity contribution is 7.10. The summed E-state index contributed by atoms with van der Waals surface area (Å²) in [7, 11) is 1.75. The van der Waals surface area contributed by atoms with Crippen LogP contribution in [0, 0.1) is 0 Å². The maximum absolute atomic E-state index is 5.45. The molecule has 0 aliphatic carbocycles. The van der Waals surface area contributed by atoms with Crippen molar-refractivity contribution in [3.05, 3.63) is 51.7 Å². The molecule has 1 N–H and O–H groups in total. The van der Waals surface area contributed by atoms with Crippen LogP contribution in [0.4, 0.5) is 0 Å². The van der Waals surface area contributed by atoms with Crippen molar-refractivity contribution in [2.75, 3.05) is 13.7 Å². The molecule has 3 heteroatoms. The van der Waals surface area contributed by atoms with Crippen molar-refractivity contribution in [3.63, 3.8) is 0 Å². The van der Waals surface area contributed by atoms with Gasteiger partial charge >= 0.3 is 0 Å². The summed E-state index contributed by atoms with van der Waals surface area (Å²) in [4.78, 5) is 1.37. The fraction of sp³-hybridized carbons (Fsp3) is 0.286. The average Bonchev–Trinajstić information content (AvgIpc) is 2.91. The van der Waals surface area contributed by atoms with Crippen molar-refractivity contribution in [1.29, 1.82) is 0 Å². The van der Waals surface area contributed by atoms with Crippen LogP contribution >= 0.6 is 11.3 Å². The van der Waals surface area contributed by atoms with E-state index in [4.69, 9.17) is 4.74 Å². The third-order valence-electron chi connectivity index (χ3n) is 3.25. The quantitative estimate of drug-likeness (QED) is 0.878. The zero-order valence-corrected chi connectivity index (χ0v) is 10.6. The topological polar surface area (TPSA) is 21.3 Å². The molecule has 2 nitrogen and oxygen atoms in total. The predicted octanol–water partition coefficient (Wildman–Crippen LogP) is 2.99. The lowest BCUT2D eigenvalue weighted by Gasteiger charge is -2.27. The summed E-state index contributed by atoms with van der Waals surface area (Å²) in [5.41, 5.74) is 2.71. The summed E-state index contributed by atoms with van der Waals surface area (Å²) in [6.07, 6.45) is 1.04. The van der Waals surface area contributed by atoms with Gasteiger partial charge in [-0.3, -0.25) is 0 Å². The van der Waals surface area contributed by atoms with Gasteiger partial charge in [0, 0.05) is 17.0 Å². The molecule has 0 fully saturated rings. The monoisotopic (exact) mass is 245 g/mol. The first-order chi connectivity index (χ1) is 8.40. The number of fused-ring (bicyclic) bond motifs is 1. The molecule has 0 saturated carbocycles. The van der Waals surface area contributed by atoms with Crippen LogP contribution in [0.15, 0.2) is 35.7 Å². The number of benzene rings is 1. The molecule has 1 unspecified atom stereocenters. The Kier molecular flexibility index (Phi) is 2.87. The predicted molar refractivity (Wildman–Crippen MR) is 70.9 cm³/mol. The Morgan fingerprint density at radius 1 is 1.29 bits per heavy atom. The van der Waals surface area contributed by atoms with E-state index in [0.717, 1.165) is 18.7 Å². The number of hydrogen-bond donors (Lipinski definition) is 1. The molecule has 0 radical (unpaired) electrons. The molecule has 1 aromatic carbocycles. The zero-order chi connectivity index (χ0) is 11.7. The normalized spacial score (nSPS) is 18.8. The fourth-order valence-corrected chi connectivity index (χ4v) is 3.29. The molecular formula is C14H15NOS. The minimum Gasteiger partial charge on any atom is -0.496 e. The second-order valence-electron chi connectivity index (χ2n) is 4.18. The SMILES string of the molecule is COc1cccc2c1CCNC2c1cccs1. The minimum atomic E-state index is 0.328. The van der Waals surface area contributed by atoms with Crippen molar-refractivity contribution in [1.82, 2.24) is 5.32 Å². The minimum absolute atomic E-state index is 0.328. The van der Waals surface area contributed by atoms with E-state index in [1.807, 2.05) is 0 Å². The summed E-state index contributed by atoms with van der Waals surface area (Å²) >= 11 is 1.80. The zero-order valence-electron chi connectivity index (χ0n) is 9.77. The number of rotatable bonds is 2. The van der Waals surface area contributed by atoms with Gasteiger partial charge in [0.25, 0.3) is 0 Å². The van der Waals surface area contributed by atoms with Crippen LogP contribution in [-0.2, 0) is 6.42 Å².